The molecule has 6 nitrogen and oxygen atoms in total. The van der Waals surface area contributed by atoms with Crippen LogP contribution in [0.15, 0.2) is 29.3 Å². The quantitative estimate of drug-likeness (QED) is 0.198. The molecular weight excluding hydrogens is 519 g/mol. The summed E-state index contributed by atoms with van der Waals surface area (Å²) in [4.78, 5) is 15.5. The Balaban J connectivity index is 1.45. The van der Waals surface area contributed by atoms with E-state index < -0.39 is 0 Å². The Morgan fingerprint density at radius 3 is 2.92 bits per heavy atom. The number of rotatable bonds is 11. The second-order valence-electron chi connectivity index (χ2n) is 10.2. The molecule has 37 heavy (non-hydrogen) atoms. The number of hydrogen-bond donors (Lipinski definition) is 1. The molecule has 0 radical (unpaired) electrons. The summed E-state index contributed by atoms with van der Waals surface area (Å²) < 4.78 is 2.00. The molecule has 196 valence electrons. The lowest BCUT2D eigenvalue weighted by atomic mass is 9.69. The van der Waals surface area contributed by atoms with E-state index in [1.54, 1.807) is 22.7 Å². The van der Waals surface area contributed by atoms with E-state index >= 15 is 0 Å². The van der Waals surface area contributed by atoms with Crippen LogP contribution in [0.4, 0.5) is 5.00 Å². The zero-order valence-corrected chi connectivity index (χ0v) is 24.5. The largest absolute Gasteiger partial charge is 0.316 e. The monoisotopic (exact) mass is 553 g/mol. The van der Waals surface area contributed by atoms with Crippen molar-refractivity contribution in [3.8, 4) is 17.5 Å². The maximum Gasteiger partial charge on any atom is 0.235 e. The molecule has 0 bridgehead atoms. The van der Waals surface area contributed by atoms with Crippen LogP contribution >= 0.6 is 34.4 Å². The molecule has 0 aromatic carbocycles. The number of nitriles is 1. The maximum absolute atomic E-state index is 12.9. The molecule has 0 fully saturated rings. The molecule has 0 spiro atoms. The van der Waals surface area contributed by atoms with Gasteiger partial charge in [0.15, 0.2) is 11.0 Å². The van der Waals surface area contributed by atoms with E-state index in [0.29, 0.717) is 28.2 Å². The summed E-state index contributed by atoms with van der Waals surface area (Å²) in [5.41, 5.74) is 3.09. The minimum atomic E-state index is -0.138. The van der Waals surface area contributed by atoms with E-state index in [-0.39, 0.29) is 17.1 Å². The molecule has 0 aliphatic heterocycles. The van der Waals surface area contributed by atoms with Crippen LogP contribution in [-0.2, 0) is 30.6 Å². The van der Waals surface area contributed by atoms with Gasteiger partial charge in [-0.3, -0.25) is 9.36 Å². The third-order valence-corrected chi connectivity index (χ3v) is 10.5. The van der Waals surface area contributed by atoms with Gasteiger partial charge < -0.3 is 5.32 Å². The van der Waals surface area contributed by atoms with Crippen molar-refractivity contribution in [2.45, 2.75) is 77.9 Å². The summed E-state index contributed by atoms with van der Waals surface area (Å²) in [6.45, 7) is 13.5. The summed E-state index contributed by atoms with van der Waals surface area (Å²) in [6.07, 6.45) is 8.09. The second-order valence-corrected chi connectivity index (χ2v) is 13.2. The van der Waals surface area contributed by atoms with Crippen LogP contribution in [0.5, 0.6) is 0 Å². The van der Waals surface area contributed by atoms with Crippen LogP contribution in [-0.4, -0.2) is 26.4 Å². The first-order valence-corrected chi connectivity index (χ1v) is 15.6. The number of aryl methyl sites for hydroxylation is 1. The Kier molecular flexibility index (Phi) is 8.94. The van der Waals surface area contributed by atoms with Gasteiger partial charge in [0, 0.05) is 27.2 Å². The van der Waals surface area contributed by atoms with Crippen molar-refractivity contribution in [3.05, 3.63) is 45.0 Å². The number of hydrogen-bond acceptors (Lipinski definition) is 7. The Morgan fingerprint density at radius 2 is 2.22 bits per heavy atom. The van der Waals surface area contributed by atoms with Gasteiger partial charge in [0.25, 0.3) is 0 Å². The predicted molar refractivity (Wildman–Crippen MR) is 156 cm³/mol. The zero-order valence-electron chi connectivity index (χ0n) is 22.1. The SMILES string of the molecule is C=CCn1c(SCC(=O)Nc2sc3c(c2C#N)CCC(C(C)(C)CC)C3)nnc1-c1csc(CCC)c1. The summed E-state index contributed by atoms with van der Waals surface area (Å²) in [5, 5.41) is 25.2. The van der Waals surface area contributed by atoms with Crippen LogP contribution in [0, 0.1) is 22.7 Å². The van der Waals surface area contributed by atoms with Gasteiger partial charge in [-0.2, -0.15) is 5.26 Å². The van der Waals surface area contributed by atoms with Crippen LogP contribution in [0.1, 0.15) is 67.8 Å². The fourth-order valence-corrected chi connectivity index (χ4v) is 7.83. The zero-order chi connectivity index (χ0) is 26.6. The highest BCUT2D eigenvalue weighted by Gasteiger charge is 2.34. The molecule has 1 unspecified atom stereocenters. The van der Waals surface area contributed by atoms with Gasteiger partial charge in [-0.25, -0.2) is 0 Å². The lowest BCUT2D eigenvalue weighted by Gasteiger charge is -2.36. The number of nitrogens with one attached hydrogen (secondary N) is 1. The first-order valence-electron chi connectivity index (χ1n) is 12.9. The first-order chi connectivity index (χ1) is 17.8. The van der Waals surface area contributed by atoms with E-state index in [1.807, 2.05) is 10.6 Å². The summed E-state index contributed by atoms with van der Waals surface area (Å²) >= 11 is 4.67. The first kappa shape index (κ1) is 27.6. The van der Waals surface area contributed by atoms with Crippen LogP contribution in [0.25, 0.3) is 11.4 Å². The lowest BCUT2D eigenvalue weighted by molar-refractivity contribution is -0.113. The highest BCUT2D eigenvalue weighted by atomic mass is 32.2. The van der Waals surface area contributed by atoms with Crippen LogP contribution in [0.3, 0.4) is 0 Å². The van der Waals surface area contributed by atoms with Crippen molar-refractivity contribution in [1.82, 2.24) is 14.8 Å². The number of anilines is 1. The average molecular weight is 554 g/mol. The molecule has 9 heteroatoms. The van der Waals surface area contributed by atoms with E-state index in [4.69, 9.17) is 0 Å². The van der Waals surface area contributed by atoms with E-state index in [9.17, 15) is 10.1 Å². The van der Waals surface area contributed by atoms with Crippen molar-refractivity contribution in [3.63, 3.8) is 0 Å². The van der Waals surface area contributed by atoms with Gasteiger partial charge in [-0.15, -0.1) is 39.4 Å². The van der Waals surface area contributed by atoms with Crippen molar-refractivity contribution in [2.75, 3.05) is 11.1 Å². The number of fused-ring (bicyclic) bond motifs is 1. The number of carbonyl (C=O) groups is 1. The molecule has 1 amide bonds. The Morgan fingerprint density at radius 1 is 1.41 bits per heavy atom. The fourth-order valence-electron chi connectivity index (χ4n) is 4.82. The topological polar surface area (TPSA) is 83.6 Å². The van der Waals surface area contributed by atoms with Crippen molar-refractivity contribution >= 4 is 45.3 Å². The highest BCUT2D eigenvalue weighted by Crippen LogP contribution is 2.45. The minimum Gasteiger partial charge on any atom is -0.316 e. The summed E-state index contributed by atoms with van der Waals surface area (Å²) in [5.74, 6) is 1.45. The molecule has 1 aliphatic rings. The number of thioether (sulfide) groups is 1. The maximum atomic E-state index is 12.9. The fraction of sp³-hybridized carbons (Fsp3) is 0.500. The third kappa shape index (κ3) is 6.02. The van der Waals surface area contributed by atoms with Gasteiger partial charge in [0.05, 0.1) is 11.3 Å². The van der Waals surface area contributed by atoms with E-state index in [2.05, 4.69) is 67.3 Å². The predicted octanol–water partition coefficient (Wildman–Crippen LogP) is 7.35. The molecular formula is C28H35N5OS3. The number of aromatic nitrogens is 3. The Bertz CT molecular complexity index is 1310. The smallest absolute Gasteiger partial charge is 0.235 e. The molecule has 3 heterocycles. The Labute approximate surface area is 232 Å². The molecule has 1 N–H and O–H groups in total. The second kappa shape index (κ2) is 12.0. The average Bonchev–Trinajstić information content (AvgIpc) is 3.59. The van der Waals surface area contributed by atoms with Crippen LogP contribution < -0.4 is 5.32 Å². The van der Waals surface area contributed by atoms with Crippen molar-refractivity contribution < 1.29 is 4.79 Å². The molecule has 0 saturated carbocycles. The number of nitrogens with zero attached hydrogens (tertiary/aromatic N) is 4. The van der Waals surface area contributed by atoms with Crippen molar-refractivity contribution in [1.29, 1.82) is 5.26 Å². The normalized spacial score (nSPS) is 15.3. The molecule has 1 aliphatic carbocycles. The molecule has 3 aromatic rings. The number of amides is 1. The number of thiophene rings is 2. The number of carbonyl (C=O) groups excluding carboxylic acids is 1. The van der Waals surface area contributed by atoms with E-state index in [0.717, 1.165) is 55.5 Å². The minimum absolute atomic E-state index is 0.138. The van der Waals surface area contributed by atoms with E-state index in [1.165, 1.54) is 21.5 Å². The number of allylic oxidation sites excluding steroid dienone is 1. The Hall–Kier alpha value is -2.41. The van der Waals surface area contributed by atoms with Crippen LogP contribution in [0.2, 0.25) is 0 Å². The standard InChI is InChI=1S/C28H35N5OS3/c1-6-9-20-13-18(16-35-20)25-31-32-27(33(25)12-7-2)36-17-24(34)30-26-22(15-29)21-11-10-19(14-23(21)37-26)28(4,5)8-3/h7,13,16,19H,2,6,8-12,14,17H2,1,3-5H3,(H,30,34). The molecule has 3 aromatic heterocycles. The third-order valence-electron chi connectivity index (χ3n) is 7.42. The van der Waals surface area contributed by atoms with Gasteiger partial charge in [-0.05, 0) is 48.6 Å². The molecule has 4 rings (SSSR count). The summed E-state index contributed by atoms with van der Waals surface area (Å²) in [7, 11) is 0. The van der Waals surface area contributed by atoms with Crippen molar-refractivity contribution in [2.24, 2.45) is 11.3 Å². The van der Waals surface area contributed by atoms with Gasteiger partial charge in [0.1, 0.15) is 11.1 Å². The summed E-state index contributed by atoms with van der Waals surface area (Å²) in [6, 6.07) is 4.53. The lowest BCUT2D eigenvalue weighted by Crippen LogP contribution is -2.28. The van der Waals surface area contributed by atoms with Gasteiger partial charge in [-0.1, -0.05) is 58.4 Å². The van der Waals surface area contributed by atoms with Gasteiger partial charge in [0.2, 0.25) is 5.91 Å². The van der Waals surface area contributed by atoms with Gasteiger partial charge >= 0.3 is 0 Å². The molecule has 0 saturated heterocycles. The highest BCUT2D eigenvalue weighted by molar-refractivity contribution is 7.99. The molecule has 1 atom stereocenters.